The molecule has 0 spiro atoms. The molecule has 194 valence electrons. The van der Waals surface area contributed by atoms with Crippen molar-refractivity contribution in [1.82, 2.24) is 14.2 Å². The highest BCUT2D eigenvalue weighted by Gasteiger charge is 2.33. The number of benzene rings is 2. The van der Waals surface area contributed by atoms with Gasteiger partial charge in [-0.05, 0) is 24.1 Å². The lowest BCUT2D eigenvalue weighted by Crippen LogP contribution is -2.46. The smallest absolute Gasteiger partial charge is 0.243 e. The molecule has 1 aromatic heterocycles. The number of pyridine rings is 1. The van der Waals surface area contributed by atoms with Gasteiger partial charge in [0, 0.05) is 50.2 Å². The maximum Gasteiger partial charge on any atom is 0.243 e. The summed E-state index contributed by atoms with van der Waals surface area (Å²) in [7, 11) is -7.08. The fraction of sp³-hybridized carbons (Fsp3) is 0.400. The summed E-state index contributed by atoms with van der Waals surface area (Å²) in [6.07, 6.45) is 0. The summed E-state index contributed by atoms with van der Waals surface area (Å²) >= 11 is 0. The van der Waals surface area contributed by atoms with E-state index in [0.29, 0.717) is 11.3 Å². The van der Waals surface area contributed by atoms with Crippen LogP contribution < -0.4 is 4.90 Å². The highest BCUT2D eigenvalue weighted by molar-refractivity contribution is 7.92. The van der Waals surface area contributed by atoms with Gasteiger partial charge in [0.1, 0.15) is 5.82 Å². The Bertz CT molecular complexity index is 1440. The van der Waals surface area contributed by atoms with Crippen LogP contribution in [0.25, 0.3) is 22.0 Å². The number of aromatic nitrogens is 1. The third kappa shape index (κ3) is 5.24. The molecule has 2 fully saturated rings. The monoisotopic (exact) mass is 550 g/mol. The van der Waals surface area contributed by atoms with Gasteiger partial charge < -0.3 is 9.80 Å². The topological polar surface area (TPSA) is 90.9 Å². The summed E-state index contributed by atoms with van der Waals surface area (Å²) in [6.45, 7) is 6.75. The molecule has 0 saturated carbocycles. The molecule has 2 aromatic carbocycles. The number of sulfone groups is 1. The molecule has 0 amide bonds. The maximum absolute atomic E-state index is 13.6. The van der Waals surface area contributed by atoms with Gasteiger partial charge in [0.2, 0.25) is 10.0 Å². The SMILES string of the molecule is CCN1CCN(c2nc(-c3ccccc3S(=O)(=O)N3CCS(=O)(=O)CC3)cc3ccccc23)CC1.Cl. The van der Waals surface area contributed by atoms with Crippen LogP contribution in [0.2, 0.25) is 0 Å². The van der Waals surface area contributed by atoms with Gasteiger partial charge in [0.15, 0.2) is 9.84 Å². The molecule has 36 heavy (non-hydrogen) atoms. The minimum absolute atomic E-state index is 0. The van der Waals surface area contributed by atoms with Gasteiger partial charge >= 0.3 is 0 Å². The Kier molecular flexibility index (Phi) is 7.92. The van der Waals surface area contributed by atoms with Crippen molar-refractivity contribution < 1.29 is 16.8 Å². The number of fused-ring (bicyclic) bond motifs is 1. The van der Waals surface area contributed by atoms with Gasteiger partial charge in [0.05, 0.1) is 22.1 Å². The summed E-state index contributed by atoms with van der Waals surface area (Å²) < 4.78 is 52.2. The second-order valence-electron chi connectivity index (χ2n) is 9.03. The molecule has 2 saturated heterocycles. The number of sulfonamides is 1. The minimum Gasteiger partial charge on any atom is -0.354 e. The van der Waals surface area contributed by atoms with E-state index in [1.165, 1.54) is 4.31 Å². The average molecular weight is 551 g/mol. The Balaban J connectivity index is 0.00000304. The van der Waals surface area contributed by atoms with Gasteiger partial charge in [-0.25, -0.2) is 21.8 Å². The molecular weight excluding hydrogens is 520 g/mol. The summed E-state index contributed by atoms with van der Waals surface area (Å²) in [4.78, 5) is 9.86. The Morgan fingerprint density at radius 3 is 2.22 bits per heavy atom. The van der Waals surface area contributed by atoms with Crippen LogP contribution in [-0.2, 0) is 19.9 Å². The second kappa shape index (κ2) is 10.6. The van der Waals surface area contributed by atoms with E-state index in [-0.39, 0.29) is 41.9 Å². The van der Waals surface area contributed by atoms with Crippen molar-refractivity contribution in [2.24, 2.45) is 0 Å². The van der Waals surface area contributed by atoms with Crippen LogP contribution in [0.1, 0.15) is 6.92 Å². The Labute approximate surface area is 219 Å². The van der Waals surface area contributed by atoms with E-state index < -0.39 is 19.9 Å². The van der Waals surface area contributed by atoms with Crippen LogP contribution in [0.4, 0.5) is 5.82 Å². The molecule has 3 aromatic rings. The number of anilines is 1. The fourth-order valence-corrected chi connectivity index (χ4v) is 7.89. The maximum atomic E-state index is 13.6. The van der Waals surface area contributed by atoms with Gasteiger partial charge in [-0.3, -0.25) is 0 Å². The summed E-state index contributed by atoms with van der Waals surface area (Å²) in [5, 5.41) is 2.05. The standard InChI is InChI=1S/C25H30N4O4S2.ClH/c1-2-27-11-13-28(14-12-27)25-21-8-4-3-7-20(21)19-23(26-25)22-9-5-6-10-24(22)35(32,33)29-15-17-34(30,31)18-16-29;/h3-10,19H,2,11-18H2,1H3;1H. The predicted molar refractivity (Wildman–Crippen MR) is 146 cm³/mol. The zero-order valence-electron chi connectivity index (χ0n) is 20.2. The van der Waals surface area contributed by atoms with Crippen molar-refractivity contribution in [3.63, 3.8) is 0 Å². The van der Waals surface area contributed by atoms with Gasteiger partial charge in [0.25, 0.3) is 0 Å². The van der Waals surface area contributed by atoms with Crippen molar-refractivity contribution >= 4 is 48.9 Å². The quantitative estimate of drug-likeness (QED) is 0.482. The zero-order valence-corrected chi connectivity index (χ0v) is 22.7. The number of hydrogen-bond donors (Lipinski definition) is 0. The van der Waals surface area contributed by atoms with Gasteiger partial charge in [-0.1, -0.05) is 49.4 Å². The van der Waals surface area contributed by atoms with Crippen LogP contribution in [0, 0.1) is 0 Å². The van der Waals surface area contributed by atoms with Crippen LogP contribution in [0.3, 0.4) is 0 Å². The lowest BCUT2D eigenvalue weighted by molar-refractivity contribution is 0.271. The highest BCUT2D eigenvalue weighted by Crippen LogP contribution is 2.34. The van der Waals surface area contributed by atoms with Crippen LogP contribution in [0.5, 0.6) is 0 Å². The predicted octanol–water partition coefficient (Wildman–Crippen LogP) is 2.88. The lowest BCUT2D eigenvalue weighted by Gasteiger charge is -2.35. The molecule has 2 aliphatic rings. The Morgan fingerprint density at radius 1 is 0.889 bits per heavy atom. The van der Waals surface area contributed by atoms with E-state index in [1.807, 2.05) is 30.3 Å². The normalized spacial score (nSPS) is 19.2. The van der Waals surface area contributed by atoms with Crippen molar-refractivity contribution in [2.75, 3.05) is 62.2 Å². The number of rotatable bonds is 5. The van der Waals surface area contributed by atoms with Crippen LogP contribution in [0.15, 0.2) is 59.5 Å². The van der Waals surface area contributed by atoms with Crippen molar-refractivity contribution in [2.45, 2.75) is 11.8 Å². The first kappa shape index (κ1) is 26.8. The Hall–Kier alpha value is -2.24. The summed E-state index contributed by atoms with van der Waals surface area (Å²) in [6, 6.07) is 16.9. The van der Waals surface area contributed by atoms with E-state index in [1.54, 1.807) is 18.2 Å². The molecule has 0 bridgehead atoms. The van der Waals surface area contributed by atoms with E-state index in [0.717, 1.165) is 49.3 Å². The summed E-state index contributed by atoms with van der Waals surface area (Å²) in [5.41, 5.74) is 1.13. The molecule has 8 nitrogen and oxygen atoms in total. The molecule has 2 aliphatic heterocycles. The lowest BCUT2D eigenvalue weighted by atomic mass is 10.1. The molecule has 0 radical (unpaired) electrons. The van der Waals surface area contributed by atoms with Crippen LogP contribution in [-0.4, -0.2) is 88.3 Å². The van der Waals surface area contributed by atoms with Crippen LogP contribution >= 0.6 is 12.4 Å². The van der Waals surface area contributed by atoms with Gasteiger partial charge in [-0.2, -0.15) is 4.31 Å². The van der Waals surface area contributed by atoms with E-state index >= 15 is 0 Å². The molecule has 5 rings (SSSR count). The third-order valence-corrected chi connectivity index (χ3v) is 10.5. The summed E-state index contributed by atoms with van der Waals surface area (Å²) in [5.74, 6) is 0.553. The van der Waals surface area contributed by atoms with Crippen molar-refractivity contribution in [3.8, 4) is 11.3 Å². The van der Waals surface area contributed by atoms with E-state index in [2.05, 4.69) is 22.8 Å². The molecule has 0 atom stereocenters. The largest absolute Gasteiger partial charge is 0.354 e. The van der Waals surface area contributed by atoms with E-state index in [4.69, 9.17) is 4.98 Å². The highest BCUT2D eigenvalue weighted by atomic mass is 35.5. The molecule has 0 unspecified atom stereocenters. The molecule has 0 aliphatic carbocycles. The number of nitrogens with zero attached hydrogens (tertiary/aromatic N) is 4. The number of likely N-dealkylation sites (N-methyl/N-ethyl adjacent to an activating group) is 1. The average Bonchev–Trinajstić information content (AvgIpc) is 2.88. The second-order valence-corrected chi connectivity index (χ2v) is 13.2. The van der Waals surface area contributed by atoms with Gasteiger partial charge in [-0.15, -0.1) is 12.4 Å². The molecule has 11 heteroatoms. The van der Waals surface area contributed by atoms with Crippen molar-refractivity contribution in [3.05, 3.63) is 54.6 Å². The molecular formula is C25H31ClN4O4S2. The molecule has 0 N–H and O–H groups in total. The van der Waals surface area contributed by atoms with E-state index in [9.17, 15) is 16.8 Å². The number of hydrogen-bond acceptors (Lipinski definition) is 7. The zero-order chi connectivity index (χ0) is 24.6. The number of piperazine rings is 1. The fourth-order valence-electron chi connectivity index (χ4n) is 4.81. The minimum atomic E-state index is -3.88. The number of halogens is 1. The first-order chi connectivity index (χ1) is 16.8. The third-order valence-electron chi connectivity index (χ3n) is 6.92. The van der Waals surface area contributed by atoms with Crippen molar-refractivity contribution in [1.29, 1.82) is 0 Å². The first-order valence-electron chi connectivity index (χ1n) is 12.0. The molecule has 3 heterocycles. The Morgan fingerprint density at radius 2 is 1.53 bits per heavy atom. The first-order valence-corrected chi connectivity index (χ1v) is 15.2.